The number of hydrogen-bond donors (Lipinski definition) is 2. The summed E-state index contributed by atoms with van der Waals surface area (Å²) >= 11 is 0. The van der Waals surface area contributed by atoms with Gasteiger partial charge in [-0.2, -0.15) is 0 Å². The fourth-order valence-electron chi connectivity index (χ4n) is 3.24. The maximum absolute atomic E-state index is 12.4. The lowest BCUT2D eigenvalue weighted by atomic mass is 10.1. The van der Waals surface area contributed by atoms with E-state index in [1.165, 1.54) is 17.2 Å². The molecule has 1 unspecified atom stereocenters. The van der Waals surface area contributed by atoms with Crippen LogP contribution in [0.4, 0.5) is 5.69 Å². The Morgan fingerprint density at radius 1 is 1.27 bits per heavy atom. The monoisotopic (exact) mass is 412 g/mol. The second kappa shape index (κ2) is 9.25. The van der Waals surface area contributed by atoms with Crippen molar-refractivity contribution in [3.05, 3.63) is 53.5 Å². The van der Waals surface area contributed by atoms with Crippen molar-refractivity contribution >= 4 is 29.3 Å². The maximum atomic E-state index is 12.4. The van der Waals surface area contributed by atoms with Crippen molar-refractivity contribution in [3.8, 4) is 0 Å². The summed E-state index contributed by atoms with van der Waals surface area (Å²) in [5, 5.41) is 6.33. The molecule has 3 rings (SSSR count). The first-order valence-corrected chi connectivity index (χ1v) is 9.60. The fourth-order valence-corrected chi connectivity index (χ4v) is 3.24. The average molecular weight is 412 g/mol. The highest BCUT2D eigenvalue weighted by Crippen LogP contribution is 2.22. The number of amidine groups is 1. The summed E-state index contributed by atoms with van der Waals surface area (Å²) in [5.41, 5.74) is 8.42. The van der Waals surface area contributed by atoms with Crippen LogP contribution in [0.5, 0.6) is 0 Å². The smallest absolute Gasteiger partial charge is 0.357 e. The van der Waals surface area contributed by atoms with Crippen molar-refractivity contribution in [2.45, 2.75) is 39.2 Å². The fraction of sp³-hybridized carbons (Fsp3) is 0.333. The second-order valence-electron chi connectivity index (χ2n) is 7.10. The number of carbonyl (C=O) groups is 3. The van der Waals surface area contributed by atoms with Crippen molar-refractivity contribution in [1.82, 2.24) is 4.90 Å². The molecule has 158 valence electrons. The Morgan fingerprint density at radius 2 is 2.07 bits per heavy atom. The summed E-state index contributed by atoms with van der Waals surface area (Å²) in [7, 11) is 0. The normalized spacial score (nSPS) is 16.4. The van der Waals surface area contributed by atoms with Gasteiger partial charge in [-0.15, -0.1) is 0 Å². The van der Waals surface area contributed by atoms with Crippen molar-refractivity contribution in [3.63, 3.8) is 0 Å². The maximum Gasteiger partial charge on any atom is 0.357 e. The van der Waals surface area contributed by atoms with Crippen LogP contribution in [0.25, 0.3) is 0 Å². The predicted molar refractivity (Wildman–Crippen MR) is 110 cm³/mol. The van der Waals surface area contributed by atoms with Gasteiger partial charge >= 0.3 is 5.97 Å². The van der Waals surface area contributed by atoms with Crippen molar-refractivity contribution in [1.29, 1.82) is 0 Å². The van der Waals surface area contributed by atoms with Gasteiger partial charge in [-0.1, -0.05) is 17.3 Å². The molecule has 3 N–H and O–H groups in total. The van der Waals surface area contributed by atoms with E-state index in [1.807, 2.05) is 26.0 Å². The van der Waals surface area contributed by atoms with Crippen LogP contribution in [0.1, 0.15) is 40.9 Å². The van der Waals surface area contributed by atoms with Gasteiger partial charge in [-0.25, -0.2) is 4.79 Å². The van der Waals surface area contributed by atoms with Crippen LogP contribution in [-0.4, -0.2) is 41.1 Å². The molecule has 0 radical (unpaired) electrons. The highest BCUT2D eigenvalue weighted by Gasteiger charge is 2.37. The number of carbonyl (C=O) groups excluding carboxylic acids is 3. The first kappa shape index (κ1) is 21.1. The van der Waals surface area contributed by atoms with Crippen LogP contribution < -0.4 is 11.1 Å². The molecule has 9 heteroatoms. The summed E-state index contributed by atoms with van der Waals surface area (Å²) in [6, 6.07) is 7.94. The number of likely N-dealkylation sites (tertiary alicyclic amines) is 1. The Hall–Kier alpha value is -3.62. The Balaban J connectivity index is 1.55. The van der Waals surface area contributed by atoms with Crippen LogP contribution in [0, 0.1) is 13.8 Å². The SMILES string of the molecule is Cc1cccc(NC(=O)CC(N)=NOC(=O)C2CCCN2C(=O)c2ccco2)c1C. The van der Waals surface area contributed by atoms with Crippen LogP contribution >= 0.6 is 0 Å². The molecule has 0 saturated carbocycles. The minimum Gasteiger partial charge on any atom is -0.459 e. The van der Waals surface area contributed by atoms with Gasteiger partial charge in [-0.3, -0.25) is 9.59 Å². The number of rotatable bonds is 6. The molecule has 0 bridgehead atoms. The molecule has 1 saturated heterocycles. The zero-order chi connectivity index (χ0) is 21.7. The lowest BCUT2D eigenvalue weighted by Gasteiger charge is -2.20. The molecule has 2 heterocycles. The molecule has 9 nitrogen and oxygen atoms in total. The number of nitrogens with one attached hydrogen (secondary N) is 1. The Morgan fingerprint density at radius 3 is 2.80 bits per heavy atom. The second-order valence-corrected chi connectivity index (χ2v) is 7.10. The van der Waals surface area contributed by atoms with E-state index in [2.05, 4.69) is 10.5 Å². The number of amides is 2. The molecule has 1 aliphatic rings. The van der Waals surface area contributed by atoms with Gasteiger partial charge in [0, 0.05) is 12.2 Å². The molecule has 2 amide bonds. The molecule has 1 atom stereocenters. The van der Waals surface area contributed by atoms with E-state index in [0.717, 1.165) is 11.1 Å². The van der Waals surface area contributed by atoms with Crippen LogP contribution in [0.2, 0.25) is 0 Å². The Labute approximate surface area is 173 Å². The molecule has 2 aromatic rings. The van der Waals surface area contributed by atoms with Crippen LogP contribution in [0.3, 0.4) is 0 Å². The minimum atomic E-state index is -0.775. The molecule has 1 aromatic carbocycles. The van der Waals surface area contributed by atoms with E-state index >= 15 is 0 Å². The number of hydrogen-bond acceptors (Lipinski definition) is 6. The molecule has 30 heavy (non-hydrogen) atoms. The summed E-state index contributed by atoms with van der Waals surface area (Å²) < 4.78 is 5.11. The standard InChI is InChI=1S/C21H24N4O5/c1-13-6-3-7-15(14(13)2)23-19(26)12-18(22)24-30-21(28)16-8-4-10-25(16)20(27)17-9-5-11-29-17/h3,5-7,9,11,16H,4,8,10,12H2,1-2H3,(H2,22,24)(H,23,26). The van der Waals surface area contributed by atoms with Gasteiger partial charge in [-0.05, 0) is 56.0 Å². The van der Waals surface area contributed by atoms with Crippen molar-refractivity contribution < 1.29 is 23.6 Å². The highest BCUT2D eigenvalue weighted by molar-refractivity contribution is 6.05. The largest absolute Gasteiger partial charge is 0.459 e. The number of benzene rings is 1. The third-order valence-electron chi connectivity index (χ3n) is 4.99. The molecule has 1 aromatic heterocycles. The van der Waals surface area contributed by atoms with E-state index in [-0.39, 0.29) is 29.8 Å². The van der Waals surface area contributed by atoms with E-state index in [0.29, 0.717) is 25.1 Å². The lowest BCUT2D eigenvalue weighted by molar-refractivity contribution is -0.148. The minimum absolute atomic E-state index is 0.145. The van der Waals surface area contributed by atoms with E-state index < -0.39 is 12.0 Å². The number of furan rings is 1. The lowest BCUT2D eigenvalue weighted by Crippen LogP contribution is -2.41. The first-order valence-electron chi connectivity index (χ1n) is 9.60. The van der Waals surface area contributed by atoms with Gasteiger partial charge in [0.25, 0.3) is 5.91 Å². The molecule has 0 spiro atoms. The van der Waals surface area contributed by atoms with Gasteiger partial charge in [0.1, 0.15) is 11.9 Å². The van der Waals surface area contributed by atoms with Gasteiger partial charge in [0.2, 0.25) is 5.91 Å². The number of anilines is 1. The number of aryl methyl sites for hydroxylation is 1. The van der Waals surface area contributed by atoms with Crippen LogP contribution in [-0.2, 0) is 14.4 Å². The van der Waals surface area contributed by atoms with Crippen LogP contribution in [0.15, 0.2) is 46.2 Å². The summed E-state index contributed by atoms with van der Waals surface area (Å²) in [6.45, 7) is 4.27. The third kappa shape index (κ3) is 4.86. The van der Waals surface area contributed by atoms with Gasteiger partial charge in [0.15, 0.2) is 5.76 Å². The summed E-state index contributed by atoms with van der Waals surface area (Å²) in [5.74, 6) is -1.46. The van der Waals surface area contributed by atoms with Crippen molar-refractivity contribution in [2.75, 3.05) is 11.9 Å². The molecule has 0 aliphatic carbocycles. The van der Waals surface area contributed by atoms with Gasteiger partial charge in [0.05, 0.1) is 12.7 Å². The van der Waals surface area contributed by atoms with Crippen molar-refractivity contribution in [2.24, 2.45) is 10.9 Å². The number of oxime groups is 1. The average Bonchev–Trinajstić information content (AvgIpc) is 3.41. The highest BCUT2D eigenvalue weighted by atomic mass is 16.7. The molecule has 1 aliphatic heterocycles. The van der Waals surface area contributed by atoms with E-state index in [1.54, 1.807) is 12.1 Å². The van der Waals surface area contributed by atoms with E-state index in [9.17, 15) is 14.4 Å². The quantitative estimate of drug-likeness (QED) is 0.324. The van der Waals surface area contributed by atoms with E-state index in [4.69, 9.17) is 15.0 Å². The molecule has 1 fully saturated rings. The summed E-state index contributed by atoms with van der Waals surface area (Å²) in [4.78, 5) is 43.3. The zero-order valence-electron chi connectivity index (χ0n) is 16.9. The predicted octanol–water partition coefficient (Wildman–Crippen LogP) is 2.35. The summed E-state index contributed by atoms with van der Waals surface area (Å²) in [6.07, 6.45) is 2.27. The topological polar surface area (TPSA) is 127 Å². The third-order valence-corrected chi connectivity index (χ3v) is 4.99. The Bertz CT molecular complexity index is 968. The zero-order valence-corrected chi connectivity index (χ0v) is 16.9. The number of nitrogens with zero attached hydrogens (tertiary/aromatic N) is 2. The first-order chi connectivity index (χ1) is 14.4. The molecular formula is C21H24N4O5. The number of nitrogens with two attached hydrogens (primary N) is 1. The van der Waals surface area contributed by atoms with Gasteiger partial charge < -0.3 is 25.2 Å². The Kier molecular flexibility index (Phi) is 6.51. The molecular weight excluding hydrogens is 388 g/mol.